The first-order valence-electron chi connectivity index (χ1n) is 9.31. The van der Waals surface area contributed by atoms with E-state index in [1.807, 2.05) is 24.3 Å². The van der Waals surface area contributed by atoms with E-state index < -0.39 is 0 Å². The van der Waals surface area contributed by atoms with Crippen LogP contribution in [0.15, 0.2) is 48.5 Å². The van der Waals surface area contributed by atoms with Crippen molar-refractivity contribution in [1.82, 2.24) is 15.5 Å². The predicted octanol–water partition coefficient (Wildman–Crippen LogP) is 2.50. The molecule has 0 atom stereocenters. The summed E-state index contributed by atoms with van der Waals surface area (Å²) in [5, 5.41) is 15.3. The zero-order chi connectivity index (χ0) is 19.9. The van der Waals surface area contributed by atoms with Gasteiger partial charge in [0.1, 0.15) is 11.5 Å². The van der Waals surface area contributed by atoms with E-state index in [0.29, 0.717) is 38.0 Å². The van der Waals surface area contributed by atoms with Crippen LogP contribution in [0.5, 0.6) is 11.5 Å². The van der Waals surface area contributed by atoms with Gasteiger partial charge in [-0.25, -0.2) is 4.79 Å². The van der Waals surface area contributed by atoms with E-state index in [4.69, 9.17) is 4.74 Å². The van der Waals surface area contributed by atoms with Crippen LogP contribution >= 0.6 is 0 Å². The second kappa shape index (κ2) is 9.12. The van der Waals surface area contributed by atoms with Gasteiger partial charge in [0.2, 0.25) is 0 Å². The Hall–Kier alpha value is -3.22. The summed E-state index contributed by atoms with van der Waals surface area (Å²) < 4.78 is 5.11. The smallest absolute Gasteiger partial charge is 0.315 e. The summed E-state index contributed by atoms with van der Waals surface area (Å²) in [4.78, 5) is 26.4. The second-order valence-corrected chi connectivity index (χ2v) is 6.79. The Morgan fingerprint density at radius 2 is 1.86 bits per heavy atom. The van der Waals surface area contributed by atoms with E-state index in [-0.39, 0.29) is 23.7 Å². The number of aromatic hydroxyl groups is 1. The molecule has 3 amide bonds. The number of hydrogen-bond donors (Lipinski definition) is 3. The minimum absolute atomic E-state index is 0.0316. The molecule has 0 aromatic heterocycles. The standard InChI is InChI=1S/C21H25N3O4/c1-28-19-7-5-15(6-8-19)14-22-21(27)23-17-9-11-24(12-10-17)20(26)16-3-2-4-18(25)13-16/h2-8,13,17,25H,9-12,14H2,1H3,(H2,22,23,27). The molecule has 1 saturated heterocycles. The number of likely N-dealkylation sites (tertiary alicyclic amines) is 1. The quantitative estimate of drug-likeness (QED) is 0.740. The Morgan fingerprint density at radius 3 is 2.50 bits per heavy atom. The Morgan fingerprint density at radius 1 is 1.14 bits per heavy atom. The van der Waals surface area contributed by atoms with Crippen LogP contribution in [-0.2, 0) is 6.54 Å². The van der Waals surface area contributed by atoms with Gasteiger partial charge in [0, 0.05) is 31.2 Å². The third-order valence-corrected chi connectivity index (χ3v) is 4.82. The molecule has 0 saturated carbocycles. The molecule has 0 aliphatic carbocycles. The molecule has 1 heterocycles. The number of carbonyl (C=O) groups is 2. The highest BCUT2D eigenvalue weighted by atomic mass is 16.5. The summed E-state index contributed by atoms with van der Waals surface area (Å²) in [5.74, 6) is 0.759. The summed E-state index contributed by atoms with van der Waals surface area (Å²) in [5.41, 5.74) is 1.46. The number of hydrogen-bond acceptors (Lipinski definition) is 4. The lowest BCUT2D eigenvalue weighted by atomic mass is 10.0. The van der Waals surface area contributed by atoms with E-state index >= 15 is 0 Å². The van der Waals surface area contributed by atoms with Crippen molar-refractivity contribution in [2.75, 3.05) is 20.2 Å². The molecule has 148 valence electrons. The minimum atomic E-state index is -0.214. The summed E-state index contributed by atoms with van der Waals surface area (Å²) in [6.07, 6.45) is 1.39. The summed E-state index contributed by atoms with van der Waals surface area (Å²) in [6, 6.07) is 13.7. The molecular weight excluding hydrogens is 358 g/mol. The van der Waals surface area contributed by atoms with Crippen LogP contribution in [0, 0.1) is 0 Å². The summed E-state index contributed by atoms with van der Waals surface area (Å²) in [6.45, 7) is 1.57. The number of benzene rings is 2. The largest absolute Gasteiger partial charge is 0.508 e. The van der Waals surface area contributed by atoms with Gasteiger partial charge in [0.25, 0.3) is 5.91 Å². The fourth-order valence-electron chi connectivity index (χ4n) is 3.21. The van der Waals surface area contributed by atoms with Crippen LogP contribution in [0.3, 0.4) is 0 Å². The van der Waals surface area contributed by atoms with Crippen molar-refractivity contribution in [2.24, 2.45) is 0 Å². The van der Waals surface area contributed by atoms with Crippen molar-refractivity contribution >= 4 is 11.9 Å². The lowest BCUT2D eigenvalue weighted by molar-refractivity contribution is 0.0708. The highest BCUT2D eigenvalue weighted by molar-refractivity contribution is 5.94. The topological polar surface area (TPSA) is 90.9 Å². The molecule has 1 fully saturated rings. The molecule has 1 aliphatic heterocycles. The van der Waals surface area contributed by atoms with Gasteiger partial charge in [-0.05, 0) is 48.7 Å². The average Bonchev–Trinajstić information content (AvgIpc) is 2.72. The van der Waals surface area contributed by atoms with Crippen LogP contribution in [0.1, 0.15) is 28.8 Å². The third-order valence-electron chi connectivity index (χ3n) is 4.82. The van der Waals surface area contributed by atoms with Crippen molar-refractivity contribution in [3.05, 3.63) is 59.7 Å². The summed E-state index contributed by atoms with van der Waals surface area (Å²) >= 11 is 0. The van der Waals surface area contributed by atoms with E-state index in [2.05, 4.69) is 10.6 Å². The van der Waals surface area contributed by atoms with Crippen molar-refractivity contribution in [3.63, 3.8) is 0 Å². The van der Waals surface area contributed by atoms with Crippen LogP contribution < -0.4 is 15.4 Å². The predicted molar refractivity (Wildman–Crippen MR) is 105 cm³/mol. The maximum absolute atomic E-state index is 12.5. The first kappa shape index (κ1) is 19.5. The highest BCUT2D eigenvalue weighted by Gasteiger charge is 2.24. The van der Waals surface area contributed by atoms with Gasteiger partial charge in [-0.2, -0.15) is 0 Å². The van der Waals surface area contributed by atoms with Gasteiger partial charge in [-0.15, -0.1) is 0 Å². The number of carbonyl (C=O) groups excluding carboxylic acids is 2. The van der Waals surface area contributed by atoms with Gasteiger partial charge < -0.3 is 25.4 Å². The van der Waals surface area contributed by atoms with E-state index in [1.54, 1.807) is 24.1 Å². The molecule has 2 aromatic rings. The van der Waals surface area contributed by atoms with Crippen LogP contribution in [0.25, 0.3) is 0 Å². The van der Waals surface area contributed by atoms with Crippen molar-refractivity contribution in [1.29, 1.82) is 0 Å². The van der Waals surface area contributed by atoms with Crippen molar-refractivity contribution < 1.29 is 19.4 Å². The number of phenols is 1. The average molecular weight is 383 g/mol. The molecule has 0 radical (unpaired) electrons. The lowest BCUT2D eigenvalue weighted by Gasteiger charge is -2.32. The molecule has 2 aromatic carbocycles. The number of amides is 3. The van der Waals surface area contributed by atoms with Crippen molar-refractivity contribution in [3.8, 4) is 11.5 Å². The van der Waals surface area contributed by atoms with Crippen LogP contribution in [0.2, 0.25) is 0 Å². The number of methoxy groups -OCH3 is 1. The van der Waals surface area contributed by atoms with Crippen LogP contribution in [0.4, 0.5) is 4.79 Å². The van der Waals surface area contributed by atoms with Gasteiger partial charge in [0.05, 0.1) is 7.11 Å². The monoisotopic (exact) mass is 383 g/mol. The molecule has 0 spiro atoms. The maximum Gasteiger partial charge on any atom is 0.315 e. The molecule has 7 nitrogen and oxygen atoms in total. The second-order valence-electron chi connectivity index (χ2n) is 6.79. The number of nitrogens with zero attached hydrogens (tertiary/aromatic N) is 1. The molecule has 0 bridgehead atoms. The Labute approximate surface area is 164 Å². The first-order valence-corrected chi connectivity index (χ1v) is 9.31. The Balaban J connectivity index is 1.42. The number of urea groups is 1. The number of ether oxygens (including phenoxy) is 1. The highest BCUT2D eigenvalue weighted by Crippen LogP contribution is 2.17. The van der Waals surface area contributed by atoms with E-state index in [9.17, 15) is 14.7 Å². The molecule has 7 heteroatoms. The fourth-order valence-corrected chi connectivity index (χ4v) is 3.21. The zero-order valence-corrected chi connectivity index (χ0v) is 15.9. The molecule has 3 N–H and O–H groups in total. The van der Waals surface area contributed by atoms with Gasteiger partial charge in [0.15, 0.2) is 0 Å². The normalized spacial score (nSPS) is 14.4. The number of nitrogens with one attached hydrogen (secondary N) is 2. The lowest BCUT2D eigenvalue weighted by Crippen LogP contribution is -2.49. The number of phenolic OH excluding ortho intramolecular Hbond substituents is 1. The van der Waals surface area contributed by atoms with Gasteiger partial charge >= 0.3 is 6.03 Å². The van der Waals surface area contributed by atoms with Crippen LogP contribution in [-0.4, -0.2) is 48.2 Å². The summed E-state index contributed by atoms with van der Waals surface area (Å²) in [7, 11) is 1.61. The van der Waals surface area contributed by atoms with Gasteiger partial charge in [-0.3, -0.25) is 4.79 Å². The first-order chi connectivity index (χ1) is 13.5. The molecule has 3 rings (SSSR count). The zero-order valence-electron chi connectivity index (χ0n) is 15.9. The Bertz CT molecular complexity index is 815. The minimum Gasteiger partial charge on any atom is -0.508 e. The third kappa shape index (κ3) is 5.16. The fraction of sp³-hybridized carbons (Fsp3) is 0.333. The van der Waals surface area contributed by atoms with E-state index in [1.165, 1.54) is 12.1 Å². The maximum atomic E-state index is 12.5. The van der Waals surface area contributed by atoms with Crippen molar-refractivity contribution in [2.45, 2.75) is 25.4 Å². The molecule has 1 aliphatic rings. The number of piperidine rings is 1. The number of rotatable bonds is 5. The molecular formula is C21H25N3O4. The SMILES string of the molecule is COc1ccc(CNC(=O)NC2CCN(C(=O)c3cccc(O)c3)CC2)cc1. The Kier molecular flexibility index (Phi) is 6.37. The molecule has 0 unspecified atom stereocenters. The molecule has 28 heavy (non-hydrogen) atoms. The van der Waals surface area contributed by atoms with E-state index in [0.717, 1.165) is 11.3 Å². The van der Waals surface area contributed by atoms with Gasteiger partial charge in [-0.1, -0.05) is 18.2 Å².